The number of anilines is 3. The largest absolute Gasteiger partial charge is 0.369 e. The van der Waals surface area contributed by atoms with Crippen molar-refractivity contribution >= 4 is 28.4 Å². The summed E-state index contributed by atoms with van der Waals surface area (Å²) < 4.78 is 11.1. The molecule has 0 amide bonds. The zero-order valence-corrected chi connectivity index (χ0v) is 10.0. The third-order valence-corrected chi connectivity index (χ3v) is 3.33. The molecule has 0 aliphatic heterocycles. The molecule has 0 saturated carbocycles. The monoisotopic (exact) mass is 244 g/mol. The molecule has 90 valence electrons. The van der Waals surface area contributed by atoms with Crippen molar-refractivity contribution in [3.63, 3.8) is 0 Å². The number of nitrogens with zero attached hydrogens (tertiary/aromatic N) is 2. The lowest BCUT2D eigenvalue weighted by molar-refractivity contribution is 0.679. The van der Waals surface area contributed by atoms with Gasteiger partial charge in [0.2, 0.25) is 5.95 Å². The van der Waals surface area contributed by atoms with Gasteiger partial charge in [-0.25, -0.2) is 5.84 Å². The average Bonchev–Trinajstić information content (AvgIpc) is 2.24. The van der Waals surface area contributed by atoms with Crippen molar-refractivity contribution in [1.82, 2.24) is 9.97 Å². The van der Waals surface area contributed by atoms with Gasteiger partial charge >= 0.3 is 0 Å². The SMILES string of the molecule is CC(CNc1cc(NN)nc(N)n1)S(C)=O. The highest BCUT2D eigenvalue weighted by atomic mass is 32.2. The normalized spacial score (nSPS) is 14.2. The Morgan fingerprint density at radius 2 is 2.12 bits per heavy atom. The zero-order chi connectivity index (χ0) is 12.1. The van der Waals surface area contributed by atoms with Crippen molar-refractivity contribution in [2.45, 2.75) is 12.2 Å². The predicted octanol–water partition coefficient (Wildman–Crippen LogP) is -0.477. The molecule has 6 N–H and O–H groups in total. The number of aromatic nitrogens is 2. The number of hydrogen-bond donors (Lipinski definition) is 4. The van der Waals surface area contributed by atoms with Gasteiger partial charge in [-0.05, 0) is 6.92 Å². The second kappa shape index (κ2) is 5.61. The highest BCUT2D eigenvalue weighted by molar-refractivity contribution is 7.84. The van der Waals surface area contributed by atoms with E-state index in [9.17, 15) is 4.21 Å². The number of hydrogen-bond acceptors (Lipinski definition) is 7. The highest BCUT2D eigenvalue weighted by Crippen LogP contribution is 2.11. The van der Waals surface area contributed by atoms with Gasteiger partial charge in [-0.1, -0.05) is 0 Å². The molecule has 0 radical (unpaired) electrons. The second-order valence-electron chi connectivity index (χ2n) is 3.33. The minimum Gasteiger partial charge on any atom is -0.369 e. The van der Waals surface area contributed by atoms with E-state index in [1.807, 2.05) is 6.92 Å². The molecule has 0 bridgehead atoms. The topological polar surface area (TPSA) is 119 Å². The van der Waals surface area contributed by atoms with Gasteiger partial charge in [0.15, 0.2) is 0 Å². The van der Waals surface area contributed by atoms with Gasteiger partial charge in [-0.2, -0.15) is 9.97 Å². The van der Waals surface area contributed by atoms with Crippen LogP contribution < -0.4 is 22.3 Å². The van der Waals surface area contributed by atoms with Crippen LogP contribution in [0.3, 0.4) is 0 Å². The summed E-state index contributed by atoms with van der Waals surface area (Å²) >= 11 is 0. The average molecular weight is 244 g/mol. The van der Waals surface area contributed by atoms with E-state index in [0.717, 1.165) is 0 Å². The van der Waals surface area contributed by atoms with Crippen molar-refractivity contribution in [1.29, 1.82) is 0 Å². The minimum atomic E-state index is -0.874. The molecule has 1 rings (SSSR count). The number of nitrogens with one attached hydrogen (secondary N) is 2. The Hall–Kier alpha value is -1.41. The molecule has 1 aromatic rings. The first-order chi connectivity index (χ1) is 7.52. The van der Waals surface area contributed by atoms with Crippen molar-refractivity contribution in [2.24, 2.45) is 5.84 Å². The smallest absolute Gasteiger partial charge is 0.223 e. The fraction of sp³-hybridized carbons (Fsp3) is 0.500. The first-order valence-electron chi connectivity index (χ1n) is 4.70. The molecule has 0 aliphatic rings. The molecule has 2 unspecified atom stereocenters. The van der Waals surface area contributed by atoms with E-state index < -0.39 is 10.8 Å². The van der Waals surface area contributed by atoms with Crippen molar-refractivity contribution in [2.75, 3.05) is 29.3 Å². The zero-order valence-electron chi connectivity index (χ0n) is 9.23. The fourth-order valence-corrected chi connectivity index (χ4v) is 1.31. The maximum Gasteiger partial charge on any atom is 0.223 e. The minimum absolute atomic E-state index is 0.0328. The Morgan fingerprint density at radius 3 is 2.69 bits per heavy atom. The number of nitrogens with two attached hydrogens (primary N) is 2. The lowest BCUT2D eigenvalue weighted by atomic mass is 10.4. The Balaban J connectivity index is 2.66. The van der Waals surface area contributed by atoms with Crippen LogP contribution in [-0.2, 0) is 10.8 Å². The first kappa shape index (κ1) is 12.7. The highest BCUT2D eigenvalue weighted by Gasteiger charge is 2.07. The van der Waals surface area contributed by atoms with Crippen LogP contribution in [-0.4, -0.2) is 32.2 Å². The van der Waals surface area contributed by atoms with E-state index in [4.69, 9.17) is 11.6 Å². The summed E-state index contributed by atoms with van der Waals surface area (Å²) in [6.07, 6.45) is 1.66. The molecule has 1 aromatic heterocycles. The molecule has 8 heteroatoms. The van der Waals surface area contributed by atoms with Gasteiger partial charge in [0, 0.05) is 34.9 Å². The molecule has 2 atom stereocenters. The molecule has 0 aromatic carbocycles. The maximum absolute atomic E-state index is 11.1. The number of rotatable bonds is 5. The van der Waals surface area contributed by atoms with Gasteiger partial charge in [-0.15, -0.1) is 0 Å². The molecular formula is C8H16N6OS. The van der Waals surface area contributed by atoms with Gasteiger partial charge in [0.05, 0.1) is 0 Å². The predicted molar refractivity (Wildman–Crippen MR) is 66.3 cm³/mol. The van der Waals surface area contributed by atoms with Crippen molar-refractivity contribution in [3.05, 3.63) is 6.07 Å². The summed E-state index contributed by atoms with van der Waals surface area (Å²) in [7, 11) is -0.874. The Labute approximate surface area is 96.5 Å². The Bertz CT molecular complexity index is 385. The van der Waals surface area contributed by atoms with Crippen LogP contribution in [0, 0.1) is 0 Å². The lowest BCUT2D eigenvalue weighted by Crippen LogP contribution is -2.21. The van der Waals surface area contributed by atoms with Gasteiger partial charge < -0.3 is 16.5 Å². The molecular weight excluding hydrogens is 228 g/mol. The summed E-state index contributed by atoms with van der Waals surface area (Å²) in [6, 6.07) is 1.63. The van der Waals surface area contributed by atoms with Crippen LogP contribution in [0.25, 0.3) is 0 Å². The second-order valence-corrected chi connectivity index (χ2v) is 5.13. The standard InChI is InChI=1S/C8H16N6OS/c1-5(16(2)15)4-11-6-3-7(14-10)13-8(9)12-6/h3,5H,4,10H2,1-2H3,(H4,9,11,12,13,14). The van der Waals surface area contributed by atoms with Gasteiger partial charge in [0.25, 0.3) is 0 Å². The van der Waals surface area contributed by atoms with E-state index in [1.54, 1.807) is 12.3 Å². The first-order valence-corrected chi connectivity index (χ1v) is 6.32. The third-order valence-electron chi connectivity index (χ3n) is 2.03. The van der Waals surface area contributed by atoms with Gasteiger partial charge in [-0.3, -0.25) is 4.21 Å². The number of hydrazine groups is 1. The maximum atomic E-state index is 11.1. The van der Waals surface area contributed by atoms with Crippen LogP contribution in [0.2, 0.25) is 0 Å². The molecule has 7 nitrogen and oxygen atoms in total. The summed E-state index contributed by atoms with van der Waals surface area (Å²) in [4.78, 5) is 7.82. The third kappa shape index (κ3) is 3.63. The Kier molecular flexibility index (Phi) is 4.44. The lowest BCUT2D eigenvalue weighted by Gasteiger charge is -2.11. The molecule has 1 heterocycles. The molecule has 16 heavy (non-hydrogen) atoms. The van der Waals surface area contributed by atoms with E-state index in [-0.39, 0.29) is 11.2 Å². The van der Waals surface area contributed by atoms with E-state index >= 15 is 0 Å². The molecule has 0 fully saturated rings. The van der Waals surface area contributed by atoms with Crippen molar-refractivity contribution in [3.8, 4) is 0 Å². The van der Waals surface area contributed by atoms with Crippen LogP contribution in [0.4, 0.5) is 17.6 Å². The molecule has 0 spiro atoms. The summed E-state index contributed by atoms with van der Waals surface area (Å²) in [5.41, 5.74) is 7.87. The van der Waals surface area contributed by atoms with E-state index in [0.29, 0.717) is 18.2 Å². The quantitative estimate of drug-likeness (QED) is 0.408. The van der Waals surface area contributed by atoms with Crippen LogP contribution >= 0.6 is 0 Å². The van der Waals surface area contributed by atoms with Crippen LogP contribution in [0.15, 0.2) is 6.07 Å². The van der Waals surface area contributed by atoms with Crippen LogP contribution in [0.1, 0.15) is 6.92 Å². The van der Waals surface area contributed by atoms with E-state index in [2.05, 4.69) is 20.7 Å². The summed E-state index contributed by atoms with van der Waals surface area (Å²) in [5.74, 6) is 6.33. The molecule has 0 saturated heterocycles. The van der Waals surface area contributed by atoms with Crippen LogP contribution in [0.5, 0.6) is 0 Å². The number of nitrogen functional groups attached to an aromatic ring is 2. The van der Waals surface area contributed by atoms with E-state index in [1.165, 1.54) is 0 Å². The fourth-order valence-electron chi connectivity index (χ4n) is 0.996. The van der Waals surface area contributed by atoms with Crippen molar-refractivity contribution < 1.29 is 4.21 Å². The molecule has 0 aliphatic carbocycles. The van der Waals surface area contributed by atoms with Gasteiger partial charge in [0.1, 0.15) is 11.6 Å². The summed E-state index contributed by atoms with van der Waals surface area (Å²) in [6.45, 7) is 2.43. The Morgan fingerprint density at radius 1 is 1.50 bits per heavy atom. The summed E-state index contributed by atoms with van der Waals surface area (Å²) in [5, 5.41) is 3.05.